The SMILES string of the molecule is COC(=O)CCNC(=O)C1SC(=NC(=O)c2ccc(C(N)=S)cc2)N(Cc2ccccc2)C1C. The van der Waals surface area contributed by atoms with E-state index in [9.17, 15) is 14.4 Å². The van der Waals surface area contributed by atoms with Gasteiger partial charge in [-0.2, -0.15) is 4.99 Å². The zero-order chi connectivity index (χ0) is 24.7. The molecule has 2 atom stereocenters. The number of amides is 2. The summed E-state index contributed by atoms with van der Waals surface area (Å²) in [5.41, 5.74) is 7.72. The summed E-state index contributed by atoms with van der Waals surface area (Å²) in [5.74, 6) is -1.04. The Kier molecular flexibility index (Phi) is 8.78. The van der Waals surface area contributed by atoms with Gasteiger partial charge in [0.05, 0.1) is 13.5 Å². The molecule has 0 aliphatic carbocycles. The molecule has 2 amide bonds. The van der Waals surface area contributed by atoms with Crippen molar-refractivity contribution in [3.63, 3.8) is 0 Å². The first-order valence-corrected chi connectivity index (χ1v) is 11.9. The van der Waals surface area contributed by atoms with Gasteiger partial charge in [-0.3, -0.25) is 14.4 Å². The largest absolute Gasteiger partial charge is 0.469 e. The molecule has 0 spiro atoms. The van der Waals surface area contributed by atoms with E-state index in [1.807, 2.05) is 42.2 Å². The zero-order valence-electron chi connectivity index (χ0n) is 18.9. The molecule has 2 aromatic rings. The molecular weight excluding hydrogens is 472 g/mol. The van der Waals surface area contributed by atoms with Gasteiger partial charge in [0, 0.05) is 30.3 Å². The van der Waals surface area contributed by atoms with E-state index in [0.717, 1.165) is 5.56 Å². The van der Waals surface area contributed by atoms with E-state index in [0.29, 0.717) is 22.8 Å². The monoisotopic (exact) mass is 498 g/mol. The van der Waals surface area contributed by atoms with Crippen molar-refractivity contribution in [2.24, 2.45) is 10.7 Å². The van der Waals surface area contributed by atoms with Crippen LogP contribution in [0, 0.1) is 0 Å². The number of ether oxygens (including phenoxy) is 1. The van der Waals surface area contributed by atoms with Crippen molar-refractivity contribution in [2.75, 3.05) is 13.7 Å². The molecule has 1 saturated heterocycles. The first-order chi connectivity index (χ1) is 16.3. The van der Waals surface area contributed by atoms with Gasteiger partial charge in [-0.05, 0) is 24.6 Å². The molecule has 0 aromatic heterocycles. The average molecular weight is 499 g/mol. The number of hydrogen-bond acceptors (Lipinski definition) is 6. The lowest BCUT2D eigenvalue weighted by atomic mass is 10.1. The highest BCUT2D eigenvalue weighted by atomic mass is 32.2. The lowest BCUT2D eigenvalue weighted by Crippen LogP contribution is -2.42. The number of nitrogens with zero attached hydrogens (tertiary/aromatic N) is 2. The topological polar surface area (TPSA) is 114 Å². The highest BCUT2D eigenvalue weighted by molar-refractivity contribution is 8.15. The smallest absolute Gasteiger partial charge is 0.307 e. The Balaban J connectivity index is 1.81. The number of esters is 1. The number of amidine groups is 1. The third kappa shape index (κ3) is 6.42. The van der Waals surface area contributed by atoms with E-state index in [-0.39, 0.29) is 29.9 Å². The van der Waals surface area contributed by atoms with E-state index < -0.39 is 17.1 Å². The molecule has 0 bridgehead atoms. The minimum Gasteiger partial charge on any atom is -0.469 e. The van der Waals surface area contributed by atoms with Crippen LogP contribution in [0.5, 0.6) is 0 Å². The lowest BCUT2D eigenvalue weighted by Gasteiger charge is -2.25. The molecular formula is C24H26N4O4S2. The minimum atomic E-state index is -0.495. The van der Waals surface area contributed by atoms with Gasteiger partial charge in [-0.1, -0.05) is 66.4 Å². The molecule has 3 N–H and O–H groups in total. The van der Waals surface area contributed by atoms with Crippen molar-refractivity contribution in [3.8, 4) is 0 Å². The molecule has 34 heavy (non-hydrogen) atoms. The average Bonchev–Trinajstić information content (AvgIpc) is 3.14. The number of hydrogen-bond donors (Lipinski definition) is 2. The molecule has 178 valence electrons. The maximum atomic E-state index is 12.9. The fourth-order valence-corrected chi connectivity index (χ4v) is 4.79. The molecule has 0 radical (unpaired) electrons. The van der Waals surface area contributed by atoms with Crippen molar-refractivity contribution >= 4 is 51.9 Å². The predicted octanol–water partition coefficient (Wildman–Crippen LogP) is 2.50. The maximum Gasteiger partial charge on any atom is 0.307 e. The second-order valence-corrected chi connectivity index (χ2v) is 9.20. The molecule has 10 heteroatoms. The summed E-state index contributed by atoms with van der Waals surface area (Å²) in [7, 11) is 1.30. The Labute approximate surface area is 207 Å². The van der Waals surface area contributed by atoms with Crippen LogP contribution in [0.1, 0.15) is 34.8 Å². The molecule has 2 aromatic carbocycles. The Morgan fingerprint density at radius 2 is 1.76 bits per heavy atom. The number of thioether (sulfide) groups is 1. The summed E-state index contributed by atoms with van der Waals surface area (Å²) >= 11 is 6.19. The maximum absolute atomic E-state index is 12.9. The summed E-state index contributed by atoms with van der Waals surface area (Å²) in [6.45, 7) is 2.59. The second kappa shape index (κ2) is 11.8. The minimum absolute atomic E-state index is 0.0867. The Hall–Kier alpha value is -3.24. The summed E-state index contributed by atoms with van der Waals surface area (Å²) in [6, 6.07) is 16.1. The highest BCUT2D eigenvalue weighted by Gasteiger charge is 2.41. The van der Waals surface area contributed by atoms with Gasteiger partial charge in [0.2, 0.25) is 5.91 Å². The molecule has 3 rings (SSSR count). The van der Waals surface area contributed by atoms with E-state index in [2.05, 4.69) is 15.0 Å². The van der Waals surface area contributed by atoms with Crippen LogP contribution in [-0.4, -0.2) is 57.8 Å². The van der Waals surface area contributed by atoms with Gasteiger partial charge in [0.1, 0.15) is 10.2 Å². The first kappa shape index (κ1) is 25.4. The van der Waals surface area contributed by atoms with Crippen molar-refractivity contribution in [1.29, 1.82) is 0 Å². The summed E-state index contributed by atoms with van der Waals surface area (Å²) in [5, 5.41) is 2.75. The van der Waals surface area contributed by atoms with Crippen molar-refractivity contribution < 1.29 is 19.1 Å². The van der Waals surface area contributed by atoms with Crippen LogP contribution >= 0.6 is 24.0 Å². The Bertz CT molecular complexity index is 1090. The quantitative estimate of drug-likeness (QED) is 0.422. The van der Waals surface area contributed by atoms with Crippen LogP contribution in [0.25, 0.3) is 0 Å². The highest BCUT2D eigenvalue weighted by Crippen LogP contribution is 2.33. The molecule has 2 unspecified atom stereocenters. The first-order valence-electron chi connectivity index (χ1n) is 10.6. The fraction of sp³-hybridized carbons (Fsp3) is 0.292. The summed E-state index contributed by atoms with van der Waals surface area (Å²) in [4.78, 5) is 43.6. The lowest BCUT2D eigenvalue weighted by molar-refractivity contribution is -0.140. The molecule has 1 fully saturated rings. The van der Waals surface area contributed by atoms with E-state index in [4.69, 9.17) is 18.0 Å². The standard InChI is InChI=1S/C24H26N4O4S2/c1-15-20(23(31)26-13-12-19(29)32-2)34-24(28(15)14-16-6-4-3-5-7-16)27-22(30)18-10-8-17(9-11-18)21(25)33/h3-11,15,20H,12-14H2,1-2H3,(H2,25,33)(H,26,31). The fourth-order valence-electron chi connectivity index (χ4n) is 3.39. The normalized spacial score (nSPS) is 18.5. The van der Waals surface area contributed by atoms with Crippen molar-refractivity contribution in [3.05, 3.63) is 71.3 Å². The molecule has 8 nitrogen and oxygen atoms in total. The molecule has 1 heterocycles. The number of aliphatic imine (C=N–C) groups is 1. The van der Waals surface area contributed by atoms with Crippen molar-refractivity contribution in [1.82, 2.24) is 10.2 Å². The summed E-state index contributed by atoms with van der Waals surface area (Å²) < 4.78 is 4.61. The number of nitrogens with two attached hydrogens (primary N) is 1. The van der Waals surface area contributed by atoms with E-state index in [1.165, 1.54) is 18.9 Å². The van der Waals surface area contributed by atoms with Gasteiger partial charge in [-0.15, -0.1) is 0 Å². The van der Waals surface area contributed by atoms with Crippen molar-refractivity contribution in [2.45, 2.75) is 31.2 Å². The van der Waals surface area contributed by atoms with Gasteiger partial charge in [-0.25, -0.2) is 0 Å². The second-order valence-electron chi connectivity index (χ2n) is 7.65. The van der Waals surface area contributed by atoms with Crippen LogP contribution in [0.15, 0.2) is 59.6 Å². The van der Waals surface area contributed by atoms with Gasteiger partial charge < -0.3 is 20.7 Å². The zero-order valence-corrected chi connectivity index (χ0v) is 20.5. The third-order valence-corrected chi connectivity index (χ3v) is 6.97. The predicted molar refractivity (Wildman–Crippen MR) is 137 cm³/mol. The summed E-state index contributed by atoms with van der Waals surface area (Å²) in [6.07, 6.45) is 0.0867. The Morgan fingerprint density at radius 1 is 1.12 bits per heavy atom. The number of thiocarbonyl (C=S) groups is 1. The molecule has 1 aliphatic heterocycles. The number of rotatable bonds is 8. The molecule has 0 saturated carbocycles. The van der Waals surface area contributed by atoms with Gasteiger partial charge in [0.25, 0.3) is 5.91 Å². The van der Waals surface area contributed by atoms with Gasteiger partial charge >= 0.3 is 5.97 Å². The van der Waals surface area contributed by atoms with Crippen LogP contribution < -0.4 is 11.1 Å². The van der Waals surface area contributed by atoms with Gasteiger partial charge in [0.15, 0.2) is 5.17 Å². The number of methoxy groups -OCH3 is 1. The third-order valence-electron chi connectivity index (χ3n) is 5.33. The van der Waals surface area contributed by atoms with Crippen LogP contribution in [0.2, 0.25) is 0 Å². The number of nitrogens with one attached hydrogen (secondary N) is 1. The van der Waals surface area contributed by atoms with Crippen LogP contribution in [0.4, 0.5) is 0 Å². The number of carbonyl (C=O) groups is 3. The van der Waals surface area contributed by atoms with E-state index >= 15 is 0 Å². The van der Waals surface area contributed by atoms with E-state index in [1.54, 1.807) is 24.3 Å². The van der Waals surface area contributed by atoms with Crippen LogP contribution in [-0.2, 0) is 20.9 Å². The molecule has 1 aliphatic rings. The van der Waals surface area contributed by atoms with Crippen LogP contribution in [0.3, 0.4) is 0 Å². The Morgan fingerprint density at radius 3 is 2.38 bits per heavy atom. The number of benzene rings is 2. The number of carbonyl (C=O) groups excluding carboxylic acids is 3.